The second-order valence-corrected chi connectivity index (χ2v) is 4.73. The van der Waals surface area contributed by atoms with Gasteiger partial charge in [0.2, 0.25) is 0 Å². The zero-order chi connectivity index (χ0) is 11.1. The molecular weight excluding hydrogens is 245 g/mol. The van der Waals surface area contributed by atoms with Gasteiger partial charge in [-0.15, -0.1) is 0 Å². The monoisotopic (exact) mass is 253 g/mol. The molecule has 0 bridgehead atoms. The molecule has 1 aromatic heterocycles. The summed E-state index contributed by atoms with van der Waals surface area (Å²) in [6.07, 6.45) is 2.37. The molecular formula is C11H9Cl2N3. The number of benzene rings is 1. The minimum atomic E-state index is 0.544. The Kier molecular flexibility index (Phi) is 2.37. The topological polar surface area (TPSA) is 41.6 Å². The van der Waals surface area contributed by atoms with Crippen LogP contribution in [0, 0.1) is 0 Å². The van der Waals surface area contributed by atoms with Crippen LogP contribution in [0.25, 0.3) is 11.4 Å². The molecule has 1 aliphatic rings. The average Bonchev–Trinajstić information content (AvgIpc) is 2.99. The Morgan fingerprint density at radius 3 is 2.50 bits per heavy atom. The van der Waals surface area contributed by atoms with E-state index in [1.54, 1.807) is 12.1 Å². The standard InChI is InChI=1S/C11H9Cl2N3/c12-7-2-1-3-8(13)9(7)11-14-10(15-16-11)6-4-5-6/h1-3,6H,4-5H2,(H,14,15,16). The lowest BCUT2D eigenvalue weighted by molar-refractivity contribution is 0.935. The largest absolute Gasteiger partial charge is 0.262 e. The molecule has 1 aliphatic carbocycles. The first-order valence-electron chi connectivity index (χ1n) is 5.12. The van der Waals surface area contributed by atoms with E-state index in [0.717, 1.165) is 5.82 Å². The molecule has 1 N–H and O–H groups in total. The van der Waals surface area contributed by atoms with Gasteiger partial charge in [-0.2, -0.15) is 5.10 Å². The third-order valence-electron chi connectivity index (χ3n) is 2.65. The summed E-state index contributed by atoms with van der Waals surface area (Å²) in [4.78, 5) is 4.43. The van der Waals surface area contributed by atoms with E-state index < -0.39 is 0 Å². The maximum absolute atomic E-state index is 6.09. The number of hydrogen-bond donors (Lipinski definition) is 1. The smallest absolute Gasteiger partial charge is 0.184 e. The molecule has 1 heterocycles. The third-order valence-corrected chi connectivity index (χ3v) is 3.28. The van der Waals surface area contributed by atoms with E-state index in [1.807, 2.05) is 6.07 Å². The minimum absolute atomic E-state index is 0.544. The molecule has 2 aromatic rings. The summed E-state index contributed by atoms with van der Waals surface area (Å²) in [5, 5.41) is 8.26. The fourth-order valence-electron chi connectivity index (χ4n) is 1.64. The predicted molar refractivity (Wildman–Crippen MR) is 63.8 cm³/mol. The lowest BCUT2D eigenvalue weighted by atomic mass is 10.2. The fraction of sp³-hybridized carbons (Fsp3) is 0.273. The molecule has 3 rings (SSSR count). The summed E-state index contributed by atoms with van der Waals surface area (Å²) in [6, 6.07) is 5.38. The summed E-state index contributed by atoms with van der Waals surface area (Å²) in [7, 11) is 0. The summed E-state index contributed by atoms with van der Waals surface area (Å²) in [5.74, 6) is 2.06. The highest BCUT2D eigenvalue weighted by Crippen LogP contribution is 2.39. The lowest BCUT2D eigenvalue weighted by Crippen LogP contribution is -1.85. The van der Waals surface area contributed by atoms with Crippen molar-refractivity contribution in [1.29, 1.82) is 0 Å². The Balaban J connectivity index is 2.06. The first-order chi connectivity index (χ1) is 7.75. The highest BCUT2D eigenvalue weighted by Gasteiger charge is 2.27. The van der Waals surface area contributed by atoms with Crippen LogP contribution in [0.5, 0.6) is 0 Å². The van der Waals surface area contributed by atoms with Crippen molar-refractivity contribution in [3.63, 3.8) is 0 Å². The molecule has 0 radical (unpaired) electrons. The normalized spacial score (nSPS) is 15.4. The van der Waals surface area contributed by atoms with Gasteiger partial charge in [0.25, 0.3) is 0 Å². The number of nitrogens with zero attached hydrogens (tertiary/aromatic N) is 2. The highest BCUT2D eigenvalue weighted by molar-refractivity contribution is 6.38. The highest BCUT2D eigenvalue weighted by atomic mass is 35.5. The van der Waals surface area contributed by atoms with Gasteiger partial charge in [0, 0.05) is 5.92 Å². The number of H-pyrrole nitrogens is 1. The molecule has 1 saturated carbocycles. The van der Waals surface area contributed by atoms with Crippen LogP contribution in [0.4, 0.5) is 0 Å². The first-order valence-corrected chi connectivity index (χ1v) is 5.88. The van der Waals surface area contributed by atoms with Crippen LogP contribution < -0.4 is 0 Å². The van der Waals surface area contributed by atoms with E-state index in [2.05, 4.69) is 15.2 Å². The number of nitrogens with one attached hydrogen (secondary N) is 1. The molecule has 0 atom stereocenters. The van der Waals surface area contributed by atoms with E-state index >= 15 is 0 Å². The van der Waals surface area contributed by atoms with Crippen molar-refractivity contribution in [2.24, 2.45) is 0 Å². The quantitative estimate of drug-likeness (QED) is 0.888. The maximum atomic E-state index is 6.09. The van der Waals surface area contributed by atoms with Gasteiger partial charge >= 0.3 is 0 Å². The Bertz CT molecular complexity index is 512. The van der Waals surface area contributed by atoms with Gasteiger partial charge in [-0.25, -0.2) is 4.98 Å². The average molecular weight is 254 g/mol. The summed E-state index contributed by atoms with van der Waals surface area (Å²) >= 11 is 12.2. The molecule has 1 fully saturated rings. The van der Waals surface area contributed by atoms with Crippen molar-refractivity contribution in [3.05, 3.63) is 34.1 Å². The van der Waals surface area contributed by atoms with E-state index in [9.17, 15) is 0 Å². The minimum Gasteiger partial charge on any atom is -0.262 e. The van der Waals surface area contributed by atoms with Gasteiger partial charge in [-0.3, -0.25) is 5.10 Å². The maximum Gasteiger partial charge on any atom is 0.184 e. The molecule has 0 amide bonds. The van der Waals surface area contributed by atoms with Crippen molar-refractivity contribution < 1.29 is 0 Å². The molecule has 0 unspecified atom stereocenters. The number of halogens is 2. The van der Waals surface area contributed by atoms with Gasteiger partial charge in [0.1, 0.15) is 5.82 Å². The number of aromatic amines is 1. The van der Waals surface area contributed by atoms with Crippen molar-refractivity contribution in [3.8, 4) is 11.4 Å². The van der Waals surface area contributed by atoms with Crippen LogP contribution in [-0.4, -0.2) is 15.2 Å². The van der Waals surface area contributed by atoms with Crippen molar-refractivity contribution in [2.75, 3.05) is 0 Å². The van der Waals surface area contributed by atoms with E-state index in [0.29, 0.717) is 27.4 Å². The zero-order valence-electron chi connectivity index (χ0n) is 8.37. The zero-order valence-corrected chi connectivity index (χ0v) is 9.89. The number of rotatable bonds is 2. The molecule has 16 heavy (non-hydrogen) atoms. The lowest BCUT2D eigenvalue weighted by Gasteiger charge is -2.01. The Labute approximate surface area is 103 Å². The molecule has 82 valence electrons. The van der Waals surface area contributed by atoms with Crippen molar-refractivity contribution >= 4 is 23.2 Å². The molecule has 0 aliphatic heterocycles. The van der Waals surface area contributed by atoms with E-state index in [4.69, 9.17) is 23.2 Å². The Morgan fingerprint density at radius 2 is 1.88 bits per heavy atom. The molecule has 3 nitrogen and oxygen atoms in total. The van der Waals surface area contributed by atoms with Crippen molar-refractivity contribution in [1.82, 2.24) is 15.2 Å². The van der Waals surface area contributed by atoms with Crippen LogP contribution in [0.2, 0.25) is 10.0 Å². The summed E-state index contributed by atoms with van der Waals surface area (Å²) < 4.78 is 0. The van der Waals surface area contributed by atoms with Crippen LogP contribution in [-0.2, 0) is 0 Å². The second kappa shape index (κ2) is 3.75. The van der Waals surface area contributed by atoms with Gasteiger partial charge in [0.15, 0.2) is 5.82 Å². The van der Waals surface area contributed by atoms with E-state index in [1.165, 1.54) is 12.8 Å². The van der Waals surface area contributed by atoms with Crippen LogP contribution >= 0.6 is 23.2 Å². The number of hydrogen-bond acceptors (Lipinski definition) is 2. The Hall–Kier alpha value is -1.06. The molecule has 1 aromatic carbocycles. The number of aromatic nitrogens is 3. The molecule has 0 saturated heterocycles. The fourth-order valence-corrected chi connectivity index (χ4v) is 2.20. The molecule has 5 heteroatoms. The first kappa shape index (κ1) is 10.1. The predicted octanol–water partition coefficient (Wildman–Crippen LogP) is 3.66. The van der Waals surface area contributed by atoms with Crippen molar-refractivity contribution in [2.45, 2.75) is 18.8 Å². The van der Waals surface area contributed by atoms with Gasteiger partial charge in [-0.1, -0.05) is 29.3 Å². The van der Waals surface area contributed by atoms with Crippen LogP contribution in [0.1, 0.15) is 24.6 Å². The Morgan fingerprint density at radius 1 is 1.19 bits per heavy atom. The SMILES string of the molecule is Clc1cccc(Cl)c1-c1n[nH]c(C2CC2)n1. The van der Waals surface area contributed by atoms with Crippen LogP contribution in [0.3, 0.4) is 0 Å². The van der Waals surface area contributed by atoms with Gasteiger partial charge in [0.05, 0.1) is 15.6 Å². The molecule has 0 spiro atoms. The third kappa shape index (κ3) is 1.70. The van der Waals surface area contributed by atoms with Gasteiger partial charge in [-0.05, 0) is 25.0 Å². The van der Waals surface area contributed by atoms with Gasteiger partial charge < -0.3 is 0 Å². The van der Waals surface area contributed by atoms with Crippen LogP contribution in [0.15, 0.2) is 18.2 Å². The summed E-state index contributed by atoms with van der Waals surface area (Å²) in [5.41, 5.74) is 0.703. The van der Waals surface area contributed by atoms with E-state index in [-0.39, 0.29) is 0 Å². The summed E-state index contributed by atoms with van der Waals surface area (Å²) in [6.45, 7) is 0. The second-order valence-electron chi connectivity index (χ2n) is 3.92.